The zero-order chi connectivity index (χ0) is 13.0. The molecule has 0 amide bonds. The van der Waals surface area contributed by atoms with E-state index >= 15 is 0 Å². The van der Waals surface area contributed by atoms with Gasteiger partial charge in [0.1, 0.15) is 4.88 Å². The van der Waals surface area contributed by atoms with Crippen molar-refractivity contribution in [3.63, 3.8) is 0 Å². The van der Waals surface area contributed by atoms with E-state index in [2.05, 4.69) is 15.5 Å². The van der Waals surface area contributed by atoms with Crippen molar-refractivity contribution in [1.29, 1.82) is 0 Å². The molecule has 0 bridgehead atoms. The van der Waals surface area contributed by atoms with E-state index in [0.29, 0.717) is 30.3 Å². The molecule has 0 fully saturated rings. The van der Waals surface area contributed by atoms with Crippen LogP contribution in [0.3, 0.4) is 0 Å². The number of nitrogens with zero attached hydrogens (tertiary/aromatic N) is 2. The quantitative estimate of drug-likeness (QED) is 0.770. The molecule has 18 heavy (non-hydrogen) atoms. The average Bonchev–Trinajstić information content (AvgIpc) is 2.94. The Morgan fingerprint density at radius 3 is 3.06 bits per heavy atom. The normalized spacial score (nSPS) is 10.7. The van der Waals surface area contributed by atoms with Gasteiger partial charge in [0.25, 0.3) is 0 Å². The van der Waals surface area contributed by atoms with Gasteiger partial charge in [0, 0.05) is 24.4 Å². The fourth-order valence-electron chi connectivity index (χ4n) is 1.53. The second-order valence-electron chi connectivity index (χ2n) is 3.76. The number of aromatic carboxylic acids is 1. The van der Waals surface area contributed by atoms with Gasteiger partial charge >= 0.3 is 5.97 Å². The van der Waals surface area contributed by atoms with Crippen LogP contribution in [0.4, 0.5) is 0 Å². The van der Waals surface area contributed by atoms with Crippen molar-refractivity contribution < 1.29 is 14.4 Å². The highest BCUT2D eigenvalue weighted by Crippen LogP contribution is 2.21. The lowest BCUT2D eigenvalue weighted by Gasteiger charge is -2.01. The van der Waals surface area contributed by atoms with Crippen molar-refractivity contribution in [1.82, 2.24) is 15.5 Å². The Hall–Kier alpha value is -1.73. The molecule has 0 unspecified atom stereocenters. The number of carboxylic acid groups (broad SMARTS) is 1. The van der Waals surface area contributed by atoms with Gasteiger partial charge in [0.15, 0.2) is 6.33 Å². The monoisotopic (exact) mass is 267 g/mol. The molecular weight excluding hydrogens is 254 g/mol. The van der Waals surface area contributed by atoms with Crippen LogP contribution in [0.15, 0.2) is 16.9 Å². The number of hydrogen-bond acceptors (Lipinski definition) is 6. The first-order valence-electron chi connectivity index (χ1n) is 5.45. The highest BCUT2D eigenvalue weighted by atomic mass is 32.1. The van der Waals surface area contributed by atoms with Crippen LogP contribution < -0.4 is 5.32 Å². The first kappa shape index (κ1) is 12.7. The summed E-state index contributed by atoms with van der Waals surface area (Å²) in [7, 11) is 0. The third-order valence-electron chi connectivity index (χ3n) is 2.47. The summed E-state index contributed by atoms with van der Waals surface area (Å²) in [5.41, 5.74) is 1.02. The lowest BCUT2D eigenvalue weighted by atomic mass is 10.2. The summed E-state index contributed by atoms with van der Waals surface area (Å²) >= 11 is 1.30. The van der Waals surface area contributed by atoms with Crippen LogP contribution in [0.1, 0.15) is 26.0 Å². The standard InChI is InChI=1S/C11H13N3O3S/c1-7-8(4-9(18-7)11(15)16)5-12-3-2-10-13-6-14-17-10/h4,6,12H,2-3,5H2,1H3,(H,15,16). The number of hydrogen-bond donors (Lipinski definition) is 2. The number of aryl methyl sites for hydroxylation is 1. The maximum Gasteiger partial charge on any atom is 0.345 e. The summed E-state index contributed by atoms with van der Waals surface area (Å²) < 4.78 is 4.87. The predicted molar refractivity (Wildman–Crippen MR) is 65.7 cm³/mol. The molecule has 2 aromatic heterocycles. The molecular formula is C11H13N3O3S. The number of carbonyl (C=O) groups is 1. The molecule has 0 spiro atoms. The molecule has 6 nitrogen and oxygen atoms in total. The van der Waals surface area contributed by atoms with Gasteiger partial charge < -0.3 is 14.9 Å². The largest absolute Gasteiger partial charge is 0.477 e. The Bertz CT molecular complexity index is 522. The minimum absolute atomic E-state index is 0.376. The highest BCUT2D eigenvalue weighted by Gasteiger charge is 2.10. The molecule has 0 aliphatic carbocycles. The third-order valence-corrected chi connectivity index (χ3v) is 3.55. The summed E-state index contributed by atoms with van der Waals surface area (Å²) in [6, 6.07) is 1.71. The van der Waals surface area contributed by atoms with E-state index < -0.39 is 5.97 Å². The van der Waals surface area contributed by atoms with Crippen molar-refractivity contribution in [2.45, 2.75) is 19.9 Å². The van der Waals surface area contributed by atoms with E-state index in [1.54, 1.807) is 6.07 Å². The van der Waals surface area contributed by atoms with Gasteiger partial charge in [-0.15, -0.1) is 11.3 Å². The summed E-state index contributed by atoms with van der Waals surface area (Å²) in [5.74, 6) is -0.282. The molecule has 2 aromatic rings. The van der Waals surface area contributed by atoms with Crippen molar-refractivity contribution in [2.24, 2.45) is 0 Å². The van der Waals surface area contributed by atoms with Gasteiger partial charge in [-0.05, 0) is 18.6 Å². The Morgan fingerprint density at radius 2 is 2.44 bits per heavy atom. The molecule has 0 radical (unpaired) electrons. The smallest absolute Gasteiger partial charge is 0.345 e. The Morgan fingerprint density at radius 1 is 1.61 bits per heavy atom. The second kappa shape index (κ2) is 5.74. The fraction of sp³-hybridized carbons (Fsp3) is 0.364. The minimum atomic E-state index is -0.875. The fourth-order valence-corrected chi connectivity index (χ4v) is 2.41. The lowest BCUT2D eigenvalue weighted by Crippen LogP contribution is -2.16. The van der Waals surface area contributed by atoms with Gasteiger partial charge in [-0.2, -0.15) is 4.98 Å². The molecule has 2 N–H and O–H groups in total. The molecule has 2 rings (SSSR count). The van der Waals surface area contributed by atoms with E-state index in [0.717, 1.165) is 10.4 Å². The van der Waals surface area contributed by atoms with Crippen molar-refractivity contribution in [3.8, 4) is 0 Å². The van der Waals surface area contributed by atoms with Gasteiger partial charge in [0.2, 0.25) is 5.89 Å². The van der Waals surface area contributed by atoms with Crippen LogP contribution >= 0.6 is 11.3 Å². The maximum absolute atomic E-state index is 10.8. The van der Waals surface area contributed by atoms with Crippen LogP contribution in [-0.2, 0) is 13.0 Å². The van der Waals surface area contributed by atoms with Crippen molar-refractivity contribution >= 4 is 17.3 Å². The van der Waals surface area contributed by atoms with Gasteiger partial charge in [0.05, 0.1) is 0 Å². The molecule has 0 aliphatic heterocycles. The van der Waals surface area contributed by atoms with Gasteiger partial charge in [-0.25, -0.2) is 4.79 Å². The van der Waals surface area contributed by atoms with E-state index in [1.165, 1.54) is 17.7 Å². The van der Waals surface area contributed by atoms with E-state index in [1.807, 2.05) is 6.92 Å². The Balaban J connectivity index is 1.81. The van der Waals surface area contributed by atoms with Crippen LogP contribution in [0.5, 0.6) is 0 Å². The summed E-state index contributed by atoms with van der Waals surface area (Å²) in [6.45, 7) is 3.27. The predicted octanol–water partition coefficient (Wildman–Crippen LogP) is 1.47. The first-order chi connectivity index (χ1) is 8.66. The summed E-state index contributed by atoms with van der Waals surface area (Å²) in [4.78, 5) is 16.1. The van der Waals surface area contributed by atoms with Crippen LogP contribution in [0, 0.1) is 6.92 Å². The Labute approximate surface area is 108 Å². The molecule has 0 saturated carbocycles. The first-order valence-corrected chi connectivity index (χ1v) is 6.27. The maximum atomic E-state index is 10.8. The zero-order valence-electron chi connectivity index (χ0n) is 9.84. The highest BCUT2D eigenvalue weighted by molar-refractivity contribution is 7.14. The topological polar surface area (TPSA) is 88.2 Å². The molecule has 0 saturated heterocycles. The second-order valence-corrected chi connectivity index (χ2v) is 5.02. The zero-order valence-corrected chi connectivity index (χ0v) is 10.7. The average molecular weight is 267 g/mol. The number of thiophene rings is 1. The minimum Gasteiger partial charge on any atom is -0.477 e. The van der Waals surface area contributed by atoms with E-state index in [9.17, 15) is 4.79 Å². The van der Waals surface area contributed by atoms with Crippen molar-refractivity contribution in [2.75, 3.05) is 6.54 Å². The van der Waals surface area contributed by atoms with E-state index in [-0.39, 0.29) is 0 Å². The SMILES string of the molecule is Cc1sc(C(=O)O)cc1CNCCc1ncno1. The molecule has 96 valence electrons. The molecule has 0 atom stereocenters. The molecule has 2 heterocycles. The molecule has 0 aromatic carbocycles. The molecule has 7 heteroatoms. The van der Waals surface area contributed by atoms with Crippen molar-refractivity contribution in [3.05, 3.63) is 33.6 Å². The number of nitrogens with one attached hydrogen (secondary N) is 1. The third kappa shape index (κ3) is 3.14. The van der Waals surface area contributed by atoms with Gasteiger partial charge in [-0.1, -0.05) is 5.16 Å². The Kier molecular flexibility index (Phi) is 4.06. The van der Waals surface area contributed by atoms with E-state index in [4.69, 9.17) is 9.63 Å². The van der Waals surface area contributed by atoms with Crippen LogP contribution in [0.25, 0.3) is 0 Å². The van der Waals surface area contributed by atoms with Crippen LogP contribution in [0.2, 0.25) is 0 Å². The number of rotatable bonds is 6. The summed E-state index contributed by atoms with van der Waals surface area (Å²) in [5, 5.41) is 15.6. The number of carboxylic acids is 1. The summed E-state index contributed by atoms with van der Waals surface area (Å²) in [6.07, 6.45) is 2.03. The van der Waals surface area contributed by atoms with Crippen LogP contribution in [-0.4, -0.2) is 27.8 Å². The lowest BCUT2D eigenvalue weighted by molar-refractivity contribution is 0.0702. The van der Waals surface area contributed by atoms with Gasteiger partial charge in [-0.3, -0.25) is 0 Å². The number of aromatic nitrogens is 2. The molecule has 0 aliphatic rings.